The molecule has 1 fully saturated rings. The Balaban J connectivity index is 2.14. The Bertz CT molecular complexity index is 571. The lowest BCUT2D eigenvalue weighted by Gasteiger charge is -2.21. The van der Waals surface area contributed by atoms with E-state index in [1.165, 1.54) is 6.07 Å². The number of ether oxygens (including phenoxy) is 1. The predicted molar refractivity (Wildman–Crippen MR) is 81.1 cm³/mol. The molecule has 1 aromatic carbocycles. The summed E-state index contributed by atoms with van der Waals surface area (Å²) >= 11 is 0. The largest absolute Gasteiger partial charge is 0.466 e. The highest BCUT2D eigenvalue weighted by Gasteiger charge is 2.28. The monoisotopic (exact) mass is 325 g/mol. The molecule has 0 radical (unpaired) electrons. The van der Waals surface area contributed by atoms with Gasteiger partial charge in [0.2, 0.25) is 0 Å². The Hall–Kier alpha value is -1.82. The van der Waals surface area contributed by atoms with Gasteiger partial charge in [-0.05, 0) is 38.0 Å². The van der Waals surface area contributed by atoms with Gasteiger partial charge >= 0.3 is 5.97 Å². The summed E-state index contributed by atoms with van der Waals surface area (Å²) in [6, 6.07) is 2.38. The lowest BCUT2D eigenvalue weighted by Crippen LogP contribution is -2.44. The molecule has 0 aliphatic heterocycles. The van der Waals surface area contributed by atoms with E-state index < -0.39 is 29.4 Å². The molecule has 1 atom stereocenters. The first-order valence-corrected chi connectivity index (χ1v) is 7.92. The zero-order valence-corrected chi connectivity index (χ0v) is 13.1. The summed E-state index contributed by atoms with van der Waals surface area (Å²) in [5.74, 6) is -3.00. The lowest BCUT2D eigenvalue weighted by molar-refractivity contribution is -0.143. The second kappa shape index (κ2) is 8.15. The van der Waals surface area contributed by atoms with E-state index >= 15 is 0 Å². The van der Waals surface area contributed by atoms with Crippen LogP contribution in [0.25, 0.3) is 0 Å². The second-order valence-corrected chi connectivity index (χ2v) is 5.70. The third-order valence-electron chi connectivity index (χ3n) is 3.99. The topological polar surface area (TPSA) is 55.4 Å². The van der Waals surface area contributed by atoms with Crippen LogP contribution in [-0.2, 0) is 9.53 Å². The number of hydrogen-bond acceptors (Lipinski definition) is 4. The molecule has 1 aliphatic rings. The number of benzene rings is 1. The Morgan fingerprint density at radius 3 is 2.57 bits per heavy atom. The van der Waals surface area contributed by atoms with Crippen LogP contribution in [0.4, 0.5) is 8.78 Å². The smallest absolute Gasteiger partial charge is 0.307 e. The SMILES string of the molecule is CCOC(=O)CC(NC1CCCC1)C(=O)c1ccc(F)c(F)c1. The first kappa shape index (κ1) is 17.5. The van der Waals surface area contributed by atoms with Gasteiger partial charge in [0.05, 0.1) is 19.1 Å². The van der Waals surface area contributed by atoms with Gasteiger partial charge in [-0.25, -0.2) is 8.78 Å². The summed E-state index contributed by atoms with van der Waals surface area (Å²) in [4.78, 5) is 24.3. The van der Waals surface area contributed by atoms with E-state index in [1.54, 1.807) is 6.92 Å². The van der Waals surface area contributed by atoms with Crippen LogP contribution in [0.1, 0.15) is 49.4 Å². The fraction of sp³-hybridized carbons (Fsp3) is 0.529. The number of halogens is 2. The molecule has 6 heteroatoms. The van der Waals surface area contributed by atoms with Crippen LogP contribution < -0.4 is 5.32 Å². The van der Waals surface area contributed by atoms with E-state index in [2.05, 4.69) is 5.32 Å². The van der Waals surface area contributed by atoms with Crippen molar-refractivity contribution < 1.29 is 23.1 Å². The maximum Gasteiger partial charge on any atom is 0.307 e. The van der Waals surface area contributed by atoms with Crippen molar-refractivity contribution in [1.29, 1.82) is 0 Å². The first-order chi connectivity index (χ1) is 11.0. The van der Waals surface area contributed by atoms with Crippen molar-refractivity contribution >= 4 is 11.8 Å². The van der Waals surface area contributed by atoms with Gasteiger partial charge in [0.15, 0.2) is 17.4 Å². The fourth-order valence-electron chi connectivity index (χ4n) is 2.84. The molecule has 0 saturated heterocycles. The summed E-state index contributed by atoms with van der Waals surface area (Å²) in [7, 11) is 0. The summed E-state index contributed by atoms with van der Waals surface area (Å²) in [5.41, 5.74) is 0.0451. The van der Waals surface area contributed by atoms with Crippen LogP contribution >= 0.6 is 0 Å². The molecule has 1 saturated carbocycles. The van der Waals surface area contributed by atoms with Crippen LogP contribution in [0, 0.1) is 11.6 Å². The fourth-order valence-corrected chi connectivity index (χ4v) is 2.84. The summed E-state index contributed by atoms with van der Waals surface area (Å²) in [6.45, 7) is 1.92. The van der Waals surface area contributed by atoms with Gasteiger partial charge in [0.25, 0.3) is 0 Å². The van der Waals surface area contributed by atoms with Gasteiger partial charge in [0.1, 0.15) is 0 Å². The normalized spacial score (nSPS) is 16.3. The average molecular weight is 325 g/mol. The number of rotatable bonds is 7. The maximum absolute atomic E-state index is 13.4. The highest BCUT2D eigenvalue weighted by molar-refractivity contribution is 6.01. The van der Waals surface area contributed by atoms with Crippen LogP contribution in [0.3, 0.4) is 0 Å². The number of carbonyl (C=O) groups excluding carboxylic acids is 2. The molecule has 4 nitrogen and oxygen atoms in total. The van der Waals surface area contributed by atoms with Gasteiger partial charge < -0.3 is 10.1 Å². The van der Waals surface area contributed by atoms with Gasteiger partial charge in [0, 0.05) is 11.6 Å². The van der Waals surface area contributed by atoms with Crippen LogP contribution in [0.15, 0.2) is 18.2 Å². The molecule has 2 rings (SSSR count). The first-order valence-electron chi connectivity index (χ1n) is 7.92. The van der Waals surface area contributed by atoms with Gasteiger partial charge in [-0.15, -0.1) is 0 Å². The van der Waals surface area contributed by atoms with E-state index in [0.29, 0.717) is 0 Å². The Morgan fingerprint density at radius 2 is 1.96 bits per heavy atom. The number of esters is 1. The molecular formula is C17H21F2NO3. The molecule has 0 aromatic heterocycles. The Labute approximate surface area is 134 Å². The zero-order valence-electron chi connectivity index (χ0n) is 13.1. The number of carbonyl (C=O) groups is 2. The second-order valence-electron chi connectivity index (χ2n) is 5.70. The van der Waals surface area contributed by atoms with Gasteiger partial charge in [-0.1, -0.05) is 12.8 Å². The minimum absolute atomic E-state index is 0.0451. The lowest BCUT2D eigenvalue weighted by atomic mass is 10.00. The molecule has 126 valence electrons. The van der Waals surface area contributed by atoms with Crippen molar-refractivity contribution in [2.45, 2.75) is 51.1 Å². The number of Topliss-reactive ketones (excluding diaryl/α,β-unsaturated/α-hetero) is 1. The predicted octanol–water partition coefficient (Wildman–Crippen LogP) is 3.00. The summed E-state index contributed by atoms with van der Waals surface area (Å²) < 4.78 is 31.3. The average Bonchev–Trinajstić information content (AvgIpc) is 3.02. The minimum Gasteiger partial charge on any atom is -0.466 e. The van der Waals surface area contributed by atoms with Crippen LogP contribution in [0.2, 0.25) is 0 Å². The standard InChI is InChI=1S/C17H21F2NO3/c1-2-23-16(21)10-15(20-12-5-3-4-6-12)17(22)11-7-8-13(18)14(19)9-11/h7-9,12,15,20H,2-6,10H2,1H3. The van der Waals surface area contributed by atoms with Gasteiger partial charge in [-0.3, -0.25) is 9.59 Å². The minimum atomic E-state index is -1.08. The number of nitrogens with one attached hydrogen (secondary N) is 1. The Kier molecular flexibility index (Phi) is 6.21. The summed E-state index contributed by atoms with van der Waals surface area (Å²) in [5, 5.41) is 3.17. The van der Waals surface area contributed by atoms with E-state index in [1.807, 2.05) is 0 Å². The molecular weight excluding hydrogens is 304 g/mol. The molecule has 0 bridgehead atoms. The van der Waals surface area contributed by atoms with Crippen LogP contribution in [-0.4, -0.2) is 30.4 Å². The van der Waals surface area contributed by atoms with Crippen molar-refractivity contribution in [1.82, 2.24) is 5.32 Å². The third kappa shape index (κ3) is 4.82. The van der Waals surface area contributed by atoms with Crippen molar-refractivity contribution in [3.63, 3.8) is 0 Å². The molecule has 1 aliphatic carbocycles. The van der Waals surface area contributed by atoms with Crippen molar-refractivity contribution in [2.75, 3.05) is 6.61 Å². The van der Waals surface area contributed by atoms with E-state index in [0.717, 1.165) is 37.8 Å². The number of ketones is 1. The third-order valence-corrected chi connectivity index (χ3v) is 3.99. The highest BCUT2D eigenvalue weighted by atomic mass is 19.2. The number of hydrogen-bond donors (Lipinski definition) is 1. The molecule has 0 heterocycles. The van der Waals surface area contributed by atoms with Crippen molar-refractivity contribution in [3.05, 3.63) is 35.4 Å². The zero-order chi connectivity index (χ0) is 16.8. The van der Waals surface area contributed by atoms with E-state index in [9.17, 15) is 18.4 Å². The quantitative estimate of drug-likeness (QED) is 0.618. The van der Waals surface area contributed by atoms with Crippen molar-refractivity contribution in [3.8, 4) is 0 Å². The highest BCUT2D eigenvalue weighted by Crippen LogP contribution is 2.20. The summed E-state index contributed by atoms with van der Waals surface area (Å²) in [6.07, 6.45) is 3.89. The van der Waals surface area contributed by atoms with Gasteiger partial charge in [-0.2, -0.15) is 0 Å². The molecule has 0 spiro atoms. The maximum atomic E-state index is 13.4. The molecule has 23 heavy (non-hydrogen) atoms. The molecule has 1 aromatic rings. The van der Waals surface area contributed by atoms with Crippen LogP contribution in [0.5, 0.6) is 0 Å². The molecule has 1 unspecified atom stereocenters. The van der Waals surface area contributed by atoms with E-state index in [4.69, 9.17) is 4.74 Å². The molecule has 1 N–H and O–H groups in total. The van der Waals surface area contributed by atoms with Crippen molar-refractivity contribution in [2.24, 2.45) is 0 Å². The Morgan fingerprint density at radius 1 is 1.26 bits per heavy atom. The van der Waals surface area contributed by atoms with E-state index in [-0.39, 0.29) is 24.6 Å². The molecule has 0 amide bonds.